The molecule has 5 atom stereocenters. The Kier molecular flexibility index (Phi) is 9.37. The molecule has 7 N–H and O–H groups in total. The number of nitrogens with one attached hydrogen (secondary N) is 2. The predicted octanol–water partition coefficient (Wildman–Crippen LogP) is -0.186. The third-order valence-electron chi connectivity index (χ3n) is 5.97. The molecule has 5 unspecified atom stereocenters. The van der Waals surface area contributed by atoms with Crippen molar-refractivity contribution in [3.63, 3.8) is 0 Å². The van der Waals surface area contributed by atoms with Crippen molar-refractivity contribution in [2.24, 2.45) is 5.73 Å². The maximum atomic E-state index is 14.1. The molecule has 0 bridgehead atoms. The van der Waals surface area contributed by atoms with E-state index in [1.807, 2.05) is 38.1 Å². The summed E-state index contributed by atoms with van der Waals surface area (Å²) in [6, 6.07) is 7.60. The number of aryl methyl sites for hydroxylation is 1. The van der Waals surface area contributed by atoms with Gasteiger partial charge in [0.15, 0.2) is 6.17 Å². The average Bonchev–Trinajstić information content (AvgIpc) is 3.24. The van der Waals surface area contributed by atoms with Gasteiger partial charge in [-0.3, -0.25) is 14.7 Å². The van der Waals surface area contributed by atoms with Crippen LogP contribution in [0.1, 0.15) is 48.6 Å². The van der Waals surface area contributed by atoms with Crippen molar-refractivity contribution in [3.8, 4) is 5.88 Å². The van der Waals surface area contributed by atoms with Gasteiger partial charge in [-0.25, -0.2) is 4.39 Å². The first-order valence-corrected chi connectivity index (χ1v) is 11.7. The van der Waals surface area contributed by atoms with Crippen LogP contribution in [0, 0.1) is 0 Å². The highest BCUT2D eigenvalue weighted by molar-refractivity contribution is 5.83. The molecular formula is C24H33FN4O7. The number of alkyl halides is 1. The molecule has 2 aromatic rings. The highest BCUT2D eigenvalue weighted by Gasteiger charge is 2.46. The number of carbonyl (C=O) groups is 2. The second kappa shape index (κ2) is 12.3. The zero-order chi connectivity index (χ0) is 26.4. The number of nitrogens with zero attached hydrogens (tertiary/aromatic N) is 1. The van der Waals surface area contributed by atoms with E-state index in [2.05, 4.69) is 15.5 Å². The Morgan fingerprint density at radius 1 is 1.22 bits per heavy atom. The van der Waals surface area contributed by atoms with Crippen LogP contribution in [0.5, 0.6) is 5.88 Å². The van der Waals surface area contributed by atoms with Gasteiger partial charge in [0, 0.05) is 24.1 Å². The Balaban J connectivity index is 1.70. The zero-order valence-corrected chi connectivity index (χ0v) is 20.2. The molecular weight excluding hydrogens is 475 g/mol. The van der Waals surface area contributed by atoms with Crippen LogP contribution in [-0.4, -0.2) is 81.3 Å². The highest BCUT2D eigenvalue weighted by atomic mass is 19.1. The van der Waals surface area contributed by atoms with E-state index in [-0.39, 0.29) is 30.7 Å². The number of amides is 2. The molecule has 3 rings (SSSR count). The van der Waals surface area contributed by atoms with Crippen LogP contribution in [0.3, 0.4) is 0 Å². The molecule has 2 amide bonds. The fraction of sp³-hybridized carbons (Fsp3) is 0.542. The first-order chi connectivity index (χ1) is 17.1. The van der Waals surface area contributed by atoms with E-state index in [1.165, 1.54) is 0 Å². The minimum atomic E-state index is -1.96. The number of nitrogens with two attached hydrogens (primary N) is 1. The number of aromatic nitrogens is 2. The van der Waals surface area contributed by atoms with E-state index in [9.17, 15) is 29.3 Å². The van der Waals surface area contributed by atoms with Crippen LogP contribution in [-0.2, 0) is 27.2 Å². The van der Waals surface area contributed by atoms with Gasteiger partial charge in [0.05, 0.1) is 13.2 Å². The summed E-state index contributed by atoms with van der Waals surface area (Å²) in [7, 11) is 0. The molecule has 0 radical (unpaired) electrons. The monoisotopic (exact) mass is 508 g/mol. The molecule has 1 saturated heterocycles. The van der Waals surface area contributed by atoms with Crippen molar-refractivity contribution in [1.82, 2.24) is 15.5 Å². The van der Waals surface area contributed by atoms with Gasteiger partial charge < -0.3 is 35.8 Å². The van der Waals surface area contributed by atoms with Crippen LogP contribution in [0.4, 0.5) is 4.39 Å². The molecule has 2 heterocycles. The molecule has 0 saturated carbocycles. The van der Waals surface area contributed by atoms with Crippen LogP contribution < -0.4 is 15.8 Å². The molecule has 1 aromatic heterocycles. The van der Waals surface area contributed by atoms with E-state index in [0.717, 1.165) is 16.8 Å². The first kappa shape index (κ1) is 27.5. The van der Waals surface area contributed by atoms with Crippen LogP contribution in [0.2, 0.25) is 0 Å². The molecule has 12 heteroatoms. The lowest BCUT2D eigenvalue weighted by Gasteiger charge is -2.38. The summed E-state index contributed by atoms with van der Waals surface area (Å²) < 4.78 is 25.2. The highest BCUT2D eigenvalue weighted by Crippen LogP contribution is 2.31. The molecule has 1 aliphatic rings. The quantitative estimate of drug-likeness (QED) is 0.242. The number of rotatable bonds is 11. The summed E-state index contributed by atoms with van der Waals surface area (Å²) in [6.07, 6.45) is -7.05. The SMILES string of the molecule is CC(C)c1[nH]nc(OC2OC(CO)C(F)C(O)C2O)c1Cc1ccc(CCC(=O)NCC(N)=O)cc1. The molecule has 1 aromatic carbocycles. The Labute approximate surface area is 207 Å². The Morgan fingerprint density at radius 3 is 2.50 bits per heavy atom. The average molecular weight is 509 g/mol. The Bertz CT molecular complexity index is 1030. The standard InChI is InChI=1S/C24H33FN4O7/c1-12(2)20-15(9-14-5-3-13(4-6-14)7-8-18(32)27-10-17(26)31)23(29-28-20)36-24-22(34)21(33)19(25)16(11-30)35-24/h3-6,12,16,19,21-22,24,30,33-34H,7-11H2,1-2H3,(H2,26,31)(H,27,32)(H,28,29). The van der Waals surface area contributed by atoms with Gasteiger partial charge in [0.25, 0.3) is 0 Å². The van der Waals surface area contributed by atoms with Gasteiger partial charge >= 0.3 is 0 Å². The largest absolute Gasteiger partial charge is 0.443 e. The lowest BCUT2D eigenvalue weighted by atomic mass is 9.98. The molecule has 1 fully saturated rings. The smallest absolute Gasteiger partial charge is 0.238 e. The second-order valence-corrected chi connectivity index (χ2v) is 9.08. The molecule has 1 aliphatic heterocycles. The van der Waals surface area contributed by atoms with Crippen molar-refractivity contribution >= 4 is 11.8 Å². The van der Waals surface area contributed by atoms with E-state index < -0.39 is 43.3 Å². The van der Waals surface area contributed by atoms with Crippen LogP contribution in [0.25, 0.3) is 0 Å². The molecule has 198 valence electrons. The minimum Gasteiger partial charge on any atom is -0.443 e. The van der Waals surface area contributed by atoms with Gasteiger partial charge in [0.2, 0.25) is 24.0 Å². The third kappa shape index (κ3) is 6.78. The molecule has 11 nitrogen and oxygen atoms in total. The summed E-state index contributed by atoms with van der Waals surface area (Å²) in [6.45, 7) is 3.06. The Morgan fingerprint density at radius 2 is 1.89 bits per heavy atom. The number of ether oxygens (including phenoxy) is 2. The topological polar surface area (TPSA) is 180 Å². The van der Waals surface area contributed by atoms with E-state index >= 15 is 0 Å². The van der Waals surface area contributed by atoms with Gasteiger partial charge in [-0.2, -0.15) is 0 Å². The summed E-state index contributed by atoms with van der Waals surface area (Å²) in [5, 5.41) is 39.2. The van der Waals surface area contributed by atoms with E-state index in [1.54, 1.807) is 0 Å². The number of hydrogen-bond acceptors (Lipinski definition) is 8. The van der Waals surface area contributed by atoms with Crippen molar-refractivity contribution in [3.05, 3.63) is 46.6 Å². The molecule has 36 heavy (non-hydrogen) atoms. The fourth-order valence-electron chi connectivity index (χ4n) is 3.92. The fourth-order valence-corrected chi connectivity index (χ4v) is 3.92. The van der Waals surface area contributed by atoms with E-state index in [0.29, 0.717) is 18.4 Å². The number of aromatic amines is 1. The summed E-state index contributed by atoms with van der Waals surface area (Å²) in [4.78, 5) is 22.5. The van der Waals surface area contributed by atoms with E-state index in [4.69, 9.17) is 15.2 Å². The Hall–Kier alpha value is -3.06. The van der Waals surface area contributed by atoms with Crippen molar-refractivity contribution in [2.45, 2.75) is 69.8 Å². The predicted molar refractivity (Wildman–Crippen MR) is 126 cm³/mol. The lowest BCUT2D eigenvalue weighted by Crippen LogP contribution is -2.58. The van der Waals surface area contributed by atoms with Crippen LogP contribution >= 0.6 is 0 Å². The number of H-pyrrole nitrogens is 1. The second-order valence-electron chi connectivity index (χ2n) is 9.08. The number of aliphatic hydroxyl groups excluding tert-OH is 3. The number of hydrogen-bond donors (Lipinski definition) is 6. The number of aliphatic hydroxyl groups is 3. The summed E-state index contributed by atoms with van der Waals surface area (Å²) >= 11 is 0. The number of carbonyl (C=O) groups excluding carboxylic acids is 2. The van der Waals surface area contributed by atoms with Gasteiger partial charge in [-0.05, 0) is 23.5 Å². The van der Waals surface area contributed by atoms with Gasteiger partial charge in [-0.1, -0.05) is 38.1 Å². The number of primary amides is 1. The summed E-state index contributed by atoms with van der Waals surface area (Å²) in [5.74, 6) is -0.665. The number of halogens is 1. The lowest BCUT2D eigenvalue weighted by molar-refractivity contribution is -0.265. The zero-order valence-electron chi connectivity index (χ0n) is 20.2. The van der Waals surface area contributed by atoms with Crippen LogP contribution in [0.15, 0.2) is 24.3 Å². The third-order valence-corrected chi connectivity index (χ3v) is 5.97. The van der Waals surface area contributed by atoms with Crippen molar-refractivity contribution in [1.29, 1.82) is 0 Å². The van der Waals surface area contributed by atoms with Crippen molar-refractivity contribution < 1.29 is 38.8 Å². The van der Waals surface area contributed by atoms with Gasteiger partial charge in [-0.15, -0.1) is 5.10 Å². The first-order valence-electron chi connectivity index (χ1n) is 11.7. The summed E-state index contributed by atoms with van der Waals surface area (Å²) in [5.41, 5.74) is 8.38. The van der Waals surface area contributed by atoms with Crippen molar-refractivity contribution in [2.75, 3.05) is 13.2 Å². The normalized spacial score (nSPS) is 24.0. The number of benzene rings is 1. The maximum absolute atomic E-state index is 14.1. The van der Waals surface area contributed by atoms with Gasteiger partial charge in [0.1, 0.15) is 18.3 Å². The molecule has 0 aliphatic carbocycles. The maximum Gasteiger partial charge on any atom is 0.238 e. The minimum absolute atomic E-state index is 0.0613. The molecule has 0 spiro atoms.